The van der Waals surface area contributed by atoms with Crippen LogP contribution in [0, 0.1) is 5.92 Å². The molecule has 1 fully saturated rings. The zero-order valence-corrected chi connectivity index (χ0v) is 23.5. The molecule has 0 aromatic heterocycles. The summed E-state index contributed by atoms with van der Waals surface area (Å²) < 4.78 is 23.3. The van der Waals surface area contributed by atoms with Crippen molar-refractivity contribution in [2.45, 2.75) is 48.2 Å². The molecule has 0 bridgehead atoms. The average Bonchev–Trinajstić information content (AvgIpc) is 2.91. The van der Waals surface area contributed by atoms with Gasteiger partial charge in [-0.15, -0.1) is 0 Å². The summed E-state index contributed by atoms with van der Waals surface area (Å²) in [7, 11) is 6.92. The van der Waals surface area contributed by atoms with Gasteiger partial charge in [-0.05, 0) is 0 Å². The summed E-state index contributed by atoms with van der Waals surface area (Å²) in [6.45, 7) is 5.73. The summed E-state index contributed by atoms with van der Waals surface area (Å²) in [6.07, 6.45) is 4.56. The molecule has 3 aliphatic heterocycles. The van der Waals surface area contributed by atoms with Gasteiger partial charge in [-0.3, -0.25) is 0 Å². The molecule has 189 valence electrons. The number of rotatable bonds is 7. The van der Waals surface area contributed by atoms with E-state index >= 15 is 0 Å². The first-order valence-electron chi connectivity index (χ1n) is 12.8. The van der Waals surface area contributed by atoms with Crippen molar-refractivity contribution < 1.29 is 18.9 Å². The first-order valence-corrected chi connectivity index (χ1v) is 14.9. The summed E-state index contributed by atoms with van der Waals surface area (Å²) in [5.74, 6) is 4.12. The van der Waals surface area contributed by atoms with E-state index in [-0.39, 0.29) is 15.8 Å². The molecule has 0 saturated carbocycles. The summed E-state index contributed by atoms with van der Waals surface area (Å²) in [6, 6.07) is 9.24. The Morgan fingerprint density at radius 2 is 1.46 bits per heavy atom. The number of hydrogen-bond donors (Lipinski definition) is 1. The monoisotopic (exact) mass is 541 g/mol. The van der Waals surface area contributed by atoms with Gasteiger partial charge >= 0.3 is 217 Å². The molecule has 3 aliphatic rings. The zero-order valence-electron chi connectivity index (χ0n) is 21.6. The molecule has 1 saturated heterocycles. The molecular weight excluding hydrogens is 503 g/mol. The predicted octanol–water partition coefficient (Wildman–Crippen LogP) is 4.39. The van der Waals surface area contributed by atoms with E-state index < -0.39 is 0 Å². The second-order valence-corrected chi connectivity index (χ2v) is 12.9. The fraction of sp³-hybridized carbons (Fsp3) is 0.571. The van der Waals surface area contributed by atoms with Gasteiger partial charge in [0.1, 0.15) is 0 Å². The van der Waals surface area contributed by atoms with E-state index in [1.165, 1.54) is 41.6 Å². The van der Waals surface area contributed by atoms with E-state index in [0.29, 0.717) is 10.9 Å². The number of fused-ring (bicyclic) bond motifs is 4. The van der Waals surface area contributed by atoms with Gasteiger partial charge < -0.3 is 0 Å². The van der Waals surface area contributed by atoms with Crippen LogP contribution in [0.2, 0.25) is 4.71 Å². The molecule has 7 heteroatoms. The minimum absolute atomic E-state index is 0.102. The van der Waals surface area contributed by atoms with Gasteiger partial charge in [0.25, 0.3) is 0 Å². The Hall–Kier alpha value is -1.88. The van der Waals surface area contributed by atoms with Gasteiger partial charge in [0.05, 0.1) is 0 Å². The Morgan fingerprint density at radius 1 is 0.857 bits per heavy atom. The Balaban J connectivity index is 1.43. The second-order valence-electron chi connectivity index (χ2n) is 9.81. The maximum absolute atomic E-state index is 5.69. The second kappa shape index (κ2) is 10.6. The third kappa shape index (κ3) is 4.65. The molecule has 6 nitrogen and oxygen atoms in total. The SMILES string of the molecule is CC[C@H]1CN2CCc3cc(OC)c(OC)cc3[C@@H]2[As][C@@H]1C[C@H]1NCCc2cc(OC)c(OC)cc21. The molecule has 0 aliphatic carbocycles. The zero-order chi connectivity index (χ0) is 24.5. The Kier molecular flexibility index (Phi) is 7.52. The Morgan fingerprint density at radius 3 is 2.09 bits per heavy atom. The van der Waals surface area contributed by atoms with Crippen molar-refractivity contribution in [2.75, 3.05) is 48.1 Å². The Labute approximate surface area is 216 Å². The molecule has 0 unspecified atom stereocenters. The quantitative estimate of drug-likeness (QED) is 0.525. The van der Waals surface area contributed by atoms with Crippen LogP contribution in [-0.4, -0.2) is 68.7 Å². The van der Waals surface area contributed by atoms with Crippen LogP contribution in [0.15, 0.2) is 24.3 Å². The molecule has 2 aromatic carbocycles. The van der Waals surface area contributed by atoms with Gasteiger partial charge in [0.2, 0.25) is 0 Å². The van der Waals surface area contributed by atoms with Gasteiger partial charge in [0.15, 0.2) is 0 Å². The van der Waals surface area contributed by atoms with Crippen LogP contribution in [0.5, 0.6) is 23.0 Å². The number of nitrogens with one attached hydrogen (secondary N) is 1. The van der Waals surface area contributed by atoms with Crippen LogP contribution in [0.25, 0.3) is 0 Å². The van der Waals surface area contributed by atoms with E-state index in [0.717, 1.165) is 59.6 Å². The number of methoxy groups -OCH3 is 4. The third-order valence-corrected chi connectivity index (χ3v) is 12.1. The summed E-state index contributed by atoms with van der Waals surface area (Å²) in [5, 5.41) is 3.85. The van der Waals surface area contributed by atoms with Crippen molar-refractivity contribution in [3.63, 3.8) is 0 Å². The molecular formula is C28H38AsN2O4. The fourth-order valence-corrected chi connectivity index (χ4v) is 10.4. The van der Waals surface area contributed by atoms with Crippen LogP contribution in [0.4, 0.5) is 0 Å². The van der Waals surface area contributed by atoms with Crippen molar-refractivity contribution in [3.8, 4) is 23.0 Å². The van der Waals surface area contributed by atoms with E-state index in [9.17, 15) is 0 Å². The number of ether oxygens (including phenoxy) is 4. The third-order valence-electron chi connectivity index (χ3n) is 8.09. The normalized spacial score (nSPS) is 26.4. The number of benzene rings is 2. The molecule has 5 rings (SSSR count). The van der Waals surface area contributed by atoms with Crippen molar-refractivity contribution in [2.24, 2.45) is 5.92 Å². The molecule has 4 atom stereocenters. The molecule has 1 N–H and O–H groups in total. The fourth-order valence-electron chi connectivity index (χ4n) is 6.14. The standard InChI is InChI=1S/C28H38AsN2O4/c1-6-17-16-31-10-8-19-12-25(33-3)27(35-5)14-21(19)28(31)29-22(17)15-23-20-13-26(34-4)24(32-2)11-18(20)7-9-30-23/h11-14,17,22-23,28,30H,6-10,15-16H2,1-5H3/t17-,22+,23+,28+/m0/s1. The number of nitrogens with zero attached hydrogens (tertiary/aromatic N) is 1. The average molecular weight is 542 g/mol. The first kappa shape index (κ1) is 24.8. The summed E-state index contributed by atoms with van der Waals surface area (Å²) in [4.78, 5) is 3.30. The van der Waals surface area contributed by atoms with Crippen molar-refractivity contribution in [1.82, 2.24) is 10.2 Å². The first-order chi connectivity index (χ1) is 17.1. The van der Waals surface area contributed by atoms with Crippen LogP contribution in [0.1, 0.15) is 52.9 Å². The van der Waals surface area contributed by atoms with Crippen LogP contribution in [-0.2, 0) is 12.8 Å². The van der Waals surface area contributed by atoms with Crippen molar-refractivity contribution >= 4 is 15.8 Å². The van der Waals surface area contributed by atoms with Crippen molar-refractivity contribution in [3.05, 3.63) is 46.5 Å². The Bertz CT molecular complexity index is 1060. The molecule has 2 aromatic rings. The van der Waals surface area contributed by atoms with Crippen LogP contribution in [0.3, 0.4) is 0 Å². The van der Waals surface area contributed by atoms with Crippen LogP contribution < -0.4 is 24.3 Å². The minimum atomic E-state index is 0.102. The maximum atomic E-state index is 5.69. The summed E-state index contributed by atoms with van der Waals surface area (Å²) >= 11 is 0.102. The topological polar surface area (TPSA) is 52.2 Å². The van der Waals surface area contributed by atoms with E-state index in [4.69, 9.17) is 18.9 Å². The van der Waals surface area contributed by atoms with E-state index in [1.807, 2.05) is 0 Å². The predicted molar refractivity (Wildman–Crippen MR) is 139 cm³/mol. The van der Waals surface area contributed by atoms with Gasteiger partial charge in [0, 0.05) is 0 Å². The van der Waals surface area contributed by atoms with E-state index in [1.54, 1.807) is 28.4 Å². The molecule has 0 spiro atoms. The molecule has 0 amide bonds. The van der Waals surface area contributed by atoms with E-state index in [2.05, 4.69) is 41.4 Å². The van der Waals surface area contributed by atoms with Crippen molar-refractivity contribution in [1.29, 1.82) is 0 Å². The van der Waals surface area contributed by atoms with Gasteiger partial charge in [-0.2, -0.15) is 0 Å². The number of hydrogen-bond acceptors (Lipinski definition) is 6. The van der Waals surface area contributed by atoms with Gasteiger partial charge in [-0.25, -0.2) is 0 Å². The molecule has 35 heavy (non-hydrogen) atoms. The van der Waals surface area contributed by atoms with Gasteiger partial charge in [-0.1, -0.05) is 0 Å². The summed E-state index contributed by atoms with van der Waals surface area (Å²) in [5.41, 5.74) is 5.69. The molecule has 3 heterocycles. The molecule has 1 radical (unpaired) electrons. The van der Waals surface area contributed by atoms with Crippen LogP contribution >= 0.6 is 0 Å².